The van der Waals surface area contributed by atoms with Crippen LogP contribution in [0.15, 0.2) is 12.1 Å². The summed E-state index contributed by atoms with van der Waals surface area (Å²) in [6.45, 7) is 0. The highest BCUT2D eigenvalue weighted by molar-refractivity contribution is 6.39. The maximum atomic E-state index is 12.9. The predicted molar refractivity (Wildman–Crippen MR) is 44.1 cm³/mol. The Balaban J connectivity index is 3.02. The Morgan fingerprint density at radius 3 is 2.27 bits per heavy atom. The first-order valence-electron chi connectivity index (χ1n) is 3.67. The van der Waals surface area contributed by atoms with Gasteiger partial charge in [0.2, 0.25) is 0 Å². The minimum absolute atomic E-state index is 0.606. The Bertz CT molecular complexity index is 434. The lowest BCUT2D eigenvalue weighted by Crippen LogP contribution is -2.30. The van der Waals surface area contributed by atoms with Gasteiger partial charge in [0.1, 0.15) is 0 Å². The van der Waals surface area contributed by atoms with Crippen molar-refractivity contribution >= 4 is 17.5 Å². The Hall–Kier alpha value is -2.05. The average molecular weight is 218 g/mol. The molecule has 0 fully saturated rings. The summed E-state index contributed by atoms with van der Waals surface area (Å²) in [5.74, 6) is -7.41. The second-order valence-corrected chi connectivity index (χ2v) is 2.54. The van der Waals surface area contributed by atoms with Crippen LogP contribution in [-0.2, 0) is 9.59 Å². The van der Waals surface area contributed by atoms with Gasteiger partial charge in [-0.15, -0.1) is 0 Å². The summed E-state index contributed by atoms with van der Waals surface area (Å²) < 4.78 is 38.0. The first-order valence-corrected chi connectivity index (χ1v) is 3.67. The smallest absolute Gasteiger partial charge is 0.313 e. The number of nitrogens with one attached hydrogen (secondary N) is 1. The summed E-state index contributed by atoms with van der Waals surface area (Å²) >= 11 is 0. The number of hydrogen-bond acceptors (Lipinski definition) is 2. The third-order valence-electron chi connectivity index (χ3n) is 1.51. The Morgan fingerprint density at radius 1 is 1.13 bits per heavy atom. The molecule has 0 radical (unpaired) electrons. The van der Waals surface area contributed by atoms with E-state index < -0.39 is 35.0 Å². The summed E-state index contributed by atoms with van der Waals surface area (Å²) in [7, 11) is 0. The summed E-state index contributed by atoms with van der Waals surface area (Å²) in [6.07, 6.45) is 0. The third kappa shape index (κ3) is 2.25. The van der Waals surface area contributed by atoms with E-state index in [4.69, 9.17) is 0 Å². The lowest BCUT2D eigenvalue weighted by atomic mass is 10.2. The fourth-order valence-corrected chi connectivity index (χ4v) is 0.806. The van der Waals surface area contributed by atoms with Gasteiger partial charge in [-0.3, -0.25) is 9.59 Å². The summed E-state index contributed by atoms with van der Waals surface area (Å²) in [6, 6.07) is 1.38. The van der Waals surface area contributed by atoms with Crippen molar-refractivity contribution in [2.75, 3.05) is 5.32 Å². The van der Waals surface area contributed by atoms with Crippen LogP contribution < -0.4 is 11.1 Å². The number of nitrogens with two attached hydrogens (primary N) is 1. The topological polar surface area (TPSA) is 72.2 Å². The molecule has 1 aromatic rings. The Labute approximate surface area is 81.9 Å². The molecule has 1 aromatic carbocycles. The number of carbonyl (C=O) groups is 2. The van der Waals surface area contributed by atoms with E-state index in [1.807, 2.05) is 0 Å². The fourth-order valence-electron chi connectivity index (χ4n) is 0.806. The number of hydrogen-bond donors (Lipinski definition) is 2. The highest BCUT2D eigenvalue weighted by Gasteiger charge is 2.16. The number of anilines is 1. The summed E-state index contributed by atoms with van der Waals surface area (Å²) in [5.41, 5.74) is 3.91. The third-order valence-corrected chi connectivity index (χ3v) is 1.51. The monoisotopic (exact) mass is 218 g/mol. The normalized spacial score (nSPS) is 9.80. The molecule has 0 heterocycles. The van der Waals surface area contributed by atoms with Gasteiger partial charge in [0.15, 0.2) is 17.5 Å². The van der Waals surface area contributed by atoms with E-state index in [0.717, 1.165) is 6.07 Å². The quantitative estimate of drug-likeness (QED) is 0.533. The number of amides is 2. The van der Waals surface area contributed by atoms with Crippen molar-refractivity contribution < 1.29 is 22.8 Å². The molecule has 0 atom stereocenters. The van der Waals surface area contributed by atoms with Crippen LogP contribution in [0, 0.1) is 17.5 Å². The molecule has 3 N–H and O–H groups in total. The highest BCUT2D eigenvalue weighted by atomic mass is 19.2. The van der Waals surface area contributed by atoms with E-state index in [0.29, 0.717) is 6.07 Å². The maximum Gasteiger partial charge on any atom is 0.313 e. The molecule has 2 amide bonds. The number of benzene rings is 1. The van der Waals surface area contributed by atoms with E-state index >= 15 is 0 Å². The van der Waals surface area contributed by atoms with E-state index in [9.17, 15) is 22.8 Å². The van der Waals surface area contributed by atoms with Gasteiger partial charge in [-0.25, -0.2) is 13.2 Å². The number of halogens is 3. The second kappa shape index (κ2) is 3.99. The highest BCUT2D eigenvalue weighted by Crippen LogP contribution is 2.19. The Kier molecular flexibility index (Phi) is 2.93. The first kappa shape index (κ1) is 11.0. The van der Waals surface area contributed by atoms with Crippen LogP contribution in [0.25, 0.3) is 0 Å². The molecule has 0 saturated carbocycles. The van der Waals surface area contributed by atoms with Crippen molar-refractivity contribution in [2.45, 2.75) is 0 Å². The van der Waals surface area contributed by atoms with Gasteiger partial charge in [0, 0.05) is 0 Å². The zero-order valence-electron chi connectivity index (χ0n) is 7.18. The van der Waals surface area contributed by atoms with Crippen molar-refractivity contribution in [1.29, 1.82) is 0 Å². The van der Waals surface area contributed by atoms with Crippen molar-refractivity contribution in [1.82, 2.24) is 0 Å². The molecule has 0 aromatic heterocycles. The molecule has 0 spiro atoms. The number of primary amides is 1. The summed E-state index contributed by atoms with van der Waals surface area (Å²) in [5, 5.41) is 1.68. The van der Waals surface area contributed by atoms with Crippen LogP contribution in [0.5, 0.6) is 0 Å². The predicted octanol–water partition coefficient (Wildman–Crippen LogP) is 0.528. The second-order valence-electron chi connectivity index (χ2n) is 2.54. The van der Waals surface area contributed by atoms with Gasteiger partial charge < -0.3 is 11.1 Å². The van der Waals surface area contributed by atoms with E-state index in [1.54, 1.807) is 5.32 Å². The molecule has 80 valence electrons. The number of carbonyl (C=O) groups excluding carboxylic acids is 2. The lowest BCUT2D eigenvalue weighted by molar-refractivity contribution is -0.134. The zero-order valence-corrected chi connectivity index (χ0v) is 7.18. The number of rotatable bonds is 1. The van der Waals surface area contributed by atoms with Gasteiger partial charge in [-0.1, -0.05) is 0 Å². The lowest BCUT2D eigenvalue weighted by Gasteiger charge is -2.04. The van der Waals surface area contributed by atoms with Crippen LogP contribution in [0.4, 0.5) is 18.9 Å². The van der Waals surface area contributed by atoms with E-state index in [-0.39, 0.29) is 0 Å². The van der Waals surface area contributed by atoms with Gasteiger partial charge in [0.25, 0.3) is 0 Å². The standard InChI is InChI=1S/C8H5F3N2O2/c9-3-1-2-4(6(11)5(3)10)13-8(15)7(12)14/h1-2H,(H2,12,14)(H,13,15). The Morgan fingerprint density at radius 2 is 1.73 bits per heavy atom. The van der Waals surface area contributed by atoms with Crippen LogP contribution >= 0.6 is 0 Å². The molecule has 7 heteroatoms. The van der Waals surface area contributed by atoms with Crippen LogP contribution in [-0.4, -0.2) is 11.8 Å². The van der Waals surface area contributed by atoms with Crippen molar-refractivity contribution in [3.8, 4) is 0 Å². The van der Waals surface area contributed by atoms with Crippen LogP contribution in [0.3, 0.4) is 0 Å². The molecule has 0 aliphatic rings. The first-order chi connectivity index (χ1) is 6.93. The molecular weight excluding hydrogens is 213 g/mol. The van der Waals surface area contributed by atoms with Crippen molar-refractivity contribution in [3.05, 3.63) is 29.6 Å². The minimum atomic E-state index is -1.74. The van der Waals surface area contributed by atoms with Crippen LogP contribution in [0.1, 0.15) is 0 Å². The van der Waals surface area contributed by atoms with E-state index in [1.165, 1.54) is 0 Å². The zero-order chi connectivity index (χ0) is 11.6. The molecule has 0 saturated heterocycles. The van der Waals surface area contributed by atoms with Gasteiger partial charge in [0.05, 0.1) is 5.69 Å². The molecule has 0 aliphatic carbocycles. The average Bonchev–Trinajstić information content (AvgIpc) is 2.18. The molecule has 0 unspecified atom stereocenters. The minimum Gasteiger partial charge on any atom is -0.361 e. The molecule has 15 heavy (non-hydrogen) atoms. The van der Waals surface area contributed by atoms with Crippen molar-refractivity contribution in [3.63, 3.8) is 0 Å². The fraction of sp³-hybridized carbons (Fsp3) is 0. The van der Waals surface area contributed by atoms with Crippen molar-refractivity contribution in [2.24, 2.45) is 5.73 Å². The molecule has 0 aliphatic heterocycles. The largest absolute Gasteiger partial charge is 0.361 e. The molecule has 4 nitrogen and oxygen atoms in total. The molecule has 0 bridgehead atoms. The maximum absolute atomic E-state index is 12.9. The van der Waals surface area contributed by atoms with Gasteiger partial charge in [-0.2, -0.15) is 0 Å². The van der Waals surface area contributed by atoms with Gasteiger partial charge >= 0.3 is 11.8 Å². The SMILES string of the molecule is NC(=O)C(=O)Nc1ccc(F)c(F)c1F. The molecule has 1 rings (SSSR count). The summed E-state index contributed by atoms with van der Waals surface area (Å²) in [4.78, 5) is 21.0. The van der Waals surface area contributed by atoms with Crippen LogP contribution in [0.2, 0.25) is 0 Å². The van der Waals surface area contributed by atoms with Gasteiger partial charge in [-0.05, 0) is 12.1 Å². The molecular formula is C8H5F3N2O2. The van der Waals surface area contributed by atoms with E-state index in [2.05, 4.69) is 5.73 Å².